The number of pyridine rings is 1. The van der Waals surface area contributed by atoms with Crippen molar-refractivity contribution in [2.24, 2.45) is 5.92 Å². The summed E-state index contributed by atoms with van der Waals surface area (Å²) >= 11 is 1.71. The van der Waals surface area contributed by atoms with Crippen molar-refractivity contribution in [2.75, 3.05) is 0 Å². The Labute approximate surface area is 150 Å². The number of rotatable bonds is 4. The number of carbonyl (C=O) groups excluding carboxylic acids is 1. The Morgan fingerprint density at radius 3 is 2.76 bits per heavy atom. The summed E-state index contributed by atoms with van der Waals surface area (Å²) in [5, 5.41) is 4.14. The predicted molar refractivity (Wildman–Crippen MR) is 100 cm³/mol. The summed E-state index contributed by atoms with van der Waals surface area (Å²) in [5.41, 5.74) is 2.08. The van der Waals surface area contributed by atoms with E-state index in [-0.39, 0.29) is 17.7 Å². The van der Waals surface area contributed by atoms with Gasteiger partial charge in [-0.2, -0.15) is 0 Å². The molecule has 126 valence electrons. The van der Waals surface area contributed by atoms with Crippen LogP contribution in [-0.4, -0.2) is 15.9 Å². The standard InChI is InChI=1S/C20H19N3OS/c24-19(22-13-14-9-11-21-12-10-14)15-5-1-2-6-16(15)20-23-17-7-3-4-8-18(17)25-20/h1-4,7-12,15-16H,5-6,13H2,(H,22,24)/t15-,16+/m0/s1. The van der Waals surface area contributed by atoms with Crippen molar-refractivity contribution in [1.29, 1.82) is 0 Å². The van der Waals surface area contributed by atoms with E-state index in [1.54, 1.807) is 23.7 Å². The molecule has 1 N–H and O–H groups in total. The van der Waals surface area contributed by atoms with Gasteiger partial charge >= 0.3 is 0 Å². The summed E-state index contributed by atoms with van der Waals surface area (Å²) in [6.07, 6.45) is 9.41. The fourth-order valence-corrected chi connectivity index (χ4v) is 4.39. The van der Waals surface area contributed by atoms with Gasteiger partial charge < -0.3 is 5.32 Å². The van der Waals surface area contributed by atoms with Crippen molar-refractivity contribution >= 4 is 27.5 Å². The third kappa shape index (κ3) is 3.46. The summed E-state index contributed by atoms with van der Waals surface area (Å²) in [7, 11) is 0. The molecule has 1 amide bonds. The molecule has 0 aliphatic heterocycles. The maximum Gasteiger partial charge on any atom is 0.224 e. The topological polar surface area (TPSA) is 54.9 Å². The van der Waals surface area contributed by atoms with Crippen molar-refractivity contribution in [2.45, 2.75) is 25.3 Å². The normalized spacial score (nSPS) is 19.8. The number of nitrogens with one attached hydrogen (secondary N) is 1. The maximum atomic E-state index is 12.8. The summed E-state index contributed by atoms with van der Waals surface area (Å²) in [6.45, 7) is 0.536. The van der Waals surface area contributed by atoms with E-state index in [1.807, 2.05) is 30.3 Å². The third-order valence-corrected chi connectivity index (χ3v) is 5.78. The molecule has 5 heteroatoms. The minimum Gasteiger partial charge on any atom is -0.352 e. The number of allylic oxidation sites excluding steroid dienone is 2. The molecule has 2 atom stereocenters. The Bertz CT molecular complexity index is 870. The molecular formula is C20H19N3OS. The highest BCUT2D eigenvalue weighted by Gasteiger charge is 2.32. The highest BCUT2D eigenvalue weighted by molar-refractivity contribution is 7.18. The zero-order chi connectivity index (χ0) is 17.1. The molecule has 1 aromatic carbocycles. The average molecular weight is 349 g/mol. The van der Waals surface area contributed by atoms with Crippen LogP contribution >= 0.6 is 11.3 Å². The van der Waals surface area contributed by atoms with E-state index in [2.05, 4.69) is 28.5 Å². The van der Waals surface area contributed by atoms with E-state index in [9.17, 15) is 4.79 Å². The molecule has 0 bridgehead atoms. The van der Waals surface area contributed by atoms with Crippen molar-refractivity contribution < 1.29 is 4.79 Å². The molecule has 0 unspecified atom stereocenters. The van der Waals surface area contributed by atoms with Gasteiger partial charge in [-0.15, -0.1) is 11.3 Å². The molecule has 4 rings (SSSR count). The van der Waals surface area contributed by atoms with E-state index in [0.717, 1.165) is 28.9 Å². The number of para-hydroxylation sites is 1. The summed E-state index contributed by atoms with van der Waals surface area (Å²) in [4.78, 5) is 21.6. The lowest BCUT2D eigenvalue weighted by atomic mass is 9.82. The quantitative estimate of drug-likeness (QED) is 0.723. The lowest BCUT2D eigenvalue weighted by Gasteiger charge is -2.26. The minimum atomic E-state index is -0.0626. The van der Waals surface area contributed by atoms with Gasteiger partial charge in [-0.25, -0.2) is 4.98 Å². The highest BCUT2D eigenvalue weighted by Crippen LogP contribution is 2.38. The number of nitrogens with zero attached hydrogens (tertiary/aromatic N) is 2. The first kappa shape index (κ1) is 16.0. The Hall–Kier alpha value is -2.53. The minimum absolute atomic E-state index is 0.0626. The number of benzene rings is 1. The highest BCUT2D eigenvalue weighted by atomic mass is 32.1. The fourth-order valence-electron chi connectivity index (χ4n) is 3.25. The first-order valence-electron chi connectivity index (χ1n) is 8.48. The van der Waals surface area contributed by atoms with Crippen LogP contribution in [0.2, 0.25) is 0 Å². The number of amides is 1. The van der Waals surface area contributed by atoms with Crippen molar-refractivity contribution in [1.82, 2.24) is 15.3 Å². The van der Waals surface area contributed by atoms with Gasteiger partial charge in [-0.3, -0.25) is 9.78 Å². The van der Waals surface area contributed by atoms with Crippen LogP contribution in [0.15, 0.2) is 60.9 Å². The molecule has 1 aliphatic carbocycles. The molecule has 2 heterocycles. The van der Waals surface area contributed by atoms with E-state index >= 15 is 0 Å². The van der Waals surface area contributed by atoms with Gasteiger partial charge in [0.05, 0.1) is 21.1 Å². The van der Waals surface area contributed by atoms with Crippen LogP contribution in [0.4, 0.5) is 0 Å². The smallest absolute Gasteiger partial charge is 0.224 e. The van der Waals surface area contributed by atoms with Gasteiger partial charge in [0, 0.05) is 24.9 Å². The van der Waals surface area contributed by atoms with E-state index < -0.39 is 0 Å². The van der Waals surface area contributed by atoms with Crippen LogP contribution in [0, 0.1) is 5.92 Å². The van der Waals surface area contributed by atoms with Gasteiger partial charge in [0.15, 0.2) is 0 Å². The third-order valence-electron chi connectivity index (χ3n) is 4.61. The monoisotopic (exact) mass is 349 g/mol. The van der Waals surface area contributed by atoms with Crippen molar-refractivity contribution in [3.8, 4) is 0 Å². The van der Waals surface area contributed by atoms with Crippen LogP contribution in [0.1, 0.15) is 29.3 Å². The van der Waals surface area contributed by atoms with Gasteiger partial charge in [0.2, 0.25) is 5.91 Å². The summed E-state index contributed by atoms with van der Waals surface area (Å²) in [5.74, 6) is 0.192. The van der Waals surface area contributed by atoms with Gasteiger partial charge in [-0.1, -0.05) is 24.3 Å². The molecule has 25 heavy (non-hydrogen) atoms. The second kappa shape index (κ2) is 7.15. The zero-order valence-electron chi connectivity index (χ0n) is 13.8. The molecule has 0 fully saturated rings. The zero-order valence-corrected chi connectivity index (χ0v) is 14.6. The summed E-state index contributed by atoms with van der Waals surface area (Å²) in [6, 6.07) is 12.0. The fraction of sp³-hybridized carbons (Fsp3) is 0.250. The Balaban J connectivity index is 1.52. The number of hydrogen-bond donors (Lipinski definition) is 1. The molecule has 2 aromatic heterocycles. The van der Waals surface area contributed by atoms with Crippen LogP contribution in [0.3, 0.4) is 0 Å². The van der Waals surface area contributed by atoms with E-state index in [4.69, 9.17) is 4.98 Å². The summed E-state index contributed by atoms with van der Waals surface area (Å²) < 4.78 is 1.18. The number of carbonyl (C=O) groups is 1. The van der Waals surface area contributed by atoms with E-state index in [1.165, 1.54) is 4.70 Å². The maximum absolute atomic E-state index is 12.8. The molecule has 0 saturated carbocycles. The molecule has 1 aliphatic rings. The van der Waals surface area contributed by atoms with Crippen LogP contribution in [-0.2, 0) is 11.3 Å². The Morgan fingerprint density at radius 2 is 1.92 bits per heavy atom. The number of thiazole rings is 1. The first-order chi connectivity index (χ1) is 12.3. The van der Waals surface area contributed by atoms with Gasteiger partial charge in [0.25, 0.3) is 0 Å². The van der Waals surface area contributed by atoms with Gasteiger partial charge in [0.1, 0.15) is 0 Å². The van der Waals surface area contributed by atoms with Crippen LogP contribution < -0.4 is 5.32 Å². The second-order valence-corrected chi connectivity index (χ2v) is 7.31. The predicted octanol–water partition coefficient (Wildman–Crippen LogP) is 4.06. The lowest BCUT2D eigenvalue weighted by Crippen LogP contribution is -2.34. The van der Waals surface area contributed by atoms with Crippen LogP contribution in [0.25, 0.3) is 10.2 Å². The average Bonchev–Trinajstić information content (AvgIpc) is 3.11. The van der Waals surface area contributed by atoms with Crippen molar-refractivity contribution in [3.05, 3.63) is 71.5 Å². The molecule has 0 spiro atoms. The molecule has 0 radical (unpaired) electrons. The Kier molecular flexibility index (Phi) is 4.57. The van der Waals surface area contributed by atoms with E-state index in [0.29, 0.717) is 6.54 Å². The SMILES string of the molecule is O=C(NCc1ccncc1)[C@H]1CC=CC[C@H]1c1nc2ccccc2s1. The van der Waals surface area contributed by atoms with Crippen molar-refractivity contribution in [3.63, 3.8) is 0 Å². The molecule has 4 nitrogen and oxygen atoms in total. The number of hydrogen-bond acceptors (Lipinski definition) is 4. The first-order valence-corrected chi connectivity index (χ1v) is 9.30. The van der Waals surface area contributed by atoms with Crippen LogP contribution in [0.5, 0.6) is 0 Å². The largest absolute Gasteiger partial charge is 0.352 e. The number of aromatic nitrogens is 2. The molecule has 3 aromatic rings. The molecular weight excluding hydrogens is 330 g/mol. The van der Waals surface area contributed by atoms with Gasteiger partial charge in [-0.05, 0) is 42.7 Å². The molecule has 0 saturated heterocycles. The lowest BCUT2D eigenvalue weighted by molar-refractivity contribution is -0.125. The Morgan fingerprint density at radius 1 is 1.12 bits per heavy atom. The number of fused-ring (bicyclic) bond motifs is 1. The second-order valence-electron chi connectivity index (χ2n) is 6.25.